The van der Waals surface area contributed by atoms with Gasteiger partial charge in [-0.05, 0) is 43.2 Å². The van der Waals surface area contributed by atoms with Gasteiger partial charge in [0, 0.05) is 34.7 Å². The first-order chi connectivity index (χ1) is 12.3. The molecule has 1 heterocycles. The largest absolute Gasteiger partial charge is 0.339 e. The molecule has 138 valence electrons. The first-order valence-electron chi connectivity index (χ1n) is 8.18. The second-order valence-electron chi connectivity index (χ2n) is 6.16. The zero-order valence-corrected chi connectivity index (χ0v) is 16.2. The summed E-state index contributed by atoms with van der Waals surface area (Å²) in [7, 11) is -3.55. The number of amides is 1. The summed E-state index contributed by atoms with van der Waals surface area (Å²) in [5.41, 5.74) is 0.436. The van der Waals surface area contributed by atoms with Crippen LogP contribution < -0.4 is 4.72 Å². The zero-order chi connectivity index (χ0) is 18.7. The molecule has 0 spiro atoms. The number of benzene rings is 2. The van der Waals surface area contributed by atoms with E-state index in [4.69, 9.17) is 23.2 Å². The third-order valence-electron chi connectivity index (χ3n) is 4.27. The maximum atomic E-state index is 12.6. The van der Waals surface area contributed by atoms with Gasteiger partial charge in [0.15, 0.2) is 0 Å². The van der Waals surface area contributed by atoms with Crippen LogP contribution in [0.3, 0.4) is 0 Å². The second-order valence-corrected chi connectivity index (χ2v) is 8.75. The fourth-order valence-electron chi connectivity index (χ4n) is 2.95. The van der Waals surface area contributed by atoms with Gasteiger partial charge < -0.3 is 4.90 Å². The van der Waals surface area contributed by atoms with E-state index in [9.17, 15) is 13.2 Å². The van der Waals surface area contributed by atoms with Crippen molar-refractivity contribution in [2.75, 3.05) is 13.1 Å². The van der Waals surface area contributed by atoms with Crippen LogP contribution in [-0.2, 0) is 10.0 Å². The fourth-order valence-corrected chi connectivity index (χ4v) is 4.80. The van der Waals surface area contributed by atoms with E-state index in [1.807, 2.05) is 0 Å². The Labute approximate surface area is 163 Å². The number of hydrogen-bond acceptors (Lipinski definition) is 3. The summed E-state index contributed by atoms with van der Waals surface area (Å²) in [5.74, 6) is -0.154. The van der Waals surface area contributed by atoms with E-state index in [-0.39, 0.29) is 16.8 Å². The number of likely N-dealkylation sites (tertiary alicyclic amines) is 1. The Morgan fingerprint density at radius 1 is 1.00 bits per heavy atom. The number of sulfonamides is 1. The number of rotatable bonds is 4. The van der Waals surface area contributed by atoms with Gasteiger partial charge in [-0.1, -0.05) is 41.4 Å². The maximum Gasteiger partial charge on any atom is 0.253 e. The maximum absolute atomic E-state index is 12.6. The van der Waals surface area contributed by atoms with Crippen molar-refractivity contribution < 1.29 is 13.2 Å². The van der Waals surface area contributed by atoms with E-state index >= 15 is 0 Å². The molecule has 0 radical (unpaired) electrons. The van der Waals surface area contributed by atoms with Gasteiger partial charge in [-0.3, -0.25) is 4.79 Å². The van der Waals surface area contributed by atoms with Gasteiger partial charge in [0.2, 0.25) is 10.0 Å². The van der Waals surface area contributed by atoms with Crippen molar-refractivity contribution in [2.24, 2.45) is 0 Å². The van der Waals surface area contributed by atoms with Crippen molar-refractivity contribution in [1.29, 1.82) is 0 Å². The molecule has 26 heavy (non-hydrogen) atoms. The quantitative estimate of drug-likeness (QED) is 0.834. The molecule has 3 rings (SSSR count). The van der Waals surface area contributed by atoms with E-state index in [1.165, 1.54) is 0 Å². The third kappa shape index (κ3) is 4.57. The molecule has 0 bridgehead atoms. The molecule has 1 N–H and O–H groups in total. The monoisotopic (exact) mass is 412 g/mol. The molecule has 0 saturated carbocycles. The predicted octanol–water partition coefficient (Wildman–Crippen LogP) is 3.58. The van der Waals surface area contributed by atoms with E-state index in [0.29, 0.717) is 41.5 Å². The van der Waals surface area contributed by atoms with Crippen molar-refractivity contribution >= 4 is 39.1 Å². The van der Waals surface area contributed by atoms with Gasteiger partial charge in [0.1, 0.15) is 0 Å². The van der Waals surface area contributed by atoms with Crippen LogP contribution in [0.15, 0.2) is 53.4 Å². The summed E-state index contributed by atoms with van der Waals surface area (Å²) < 4.78 is 27.5. The Bertz CT molecular complexity index is 876. The van der Waals surface area contributed by atoms with E-state index in [2.05, 4.69) is 4.72 Å². The van der Waals surface area contributed by atoms with Gasteiger partial charge in [-0.25, -0.2) is 13.1 Å². The van der Waals surface area contributed by atoms with Crippen LogP contribution in [0.1, 0.15) is 23.2 Å². The highest BCUT2D eigenvalue weighted by Crippen LogP contribution is 2.22. The molecule has 1 aliphatic heterocycles. The number of piperidine rings is 1. The molecule has 1 amide bonds. The lowest BCUT2D eigenvalue weighted by molar-refractivity contribution is 0.0711. The summed E-state index contributed by atoms with van der Waals surface area (Å²) in [6.45, 7) is 0.926. The Morgan fingerprint density at radius 2 is 1.58 bits per heavy atom. The minimum absolute atomic E-state index is 0.154. The average molecular weight is 413 g/mol. The summed E-state index contributed by atoms with van der Waals surface area (Å²) in [6.07, 6.45) is 1.10. The van der Waals surface area contributed by atoms with Gasteiger partial charge in [0.05, 0.1) is 4.90 Å². The number of nitrogens with one attached hydrogen (secondary N) is 1. The molecule has 1 saturated heterocycles. The number of halogens is 2. The highest BCUT2D eigenvalue weighted by molar-refractivity contribution is 7.89. The van der Waals surface area contributed by atoms with Gasteiger partial charge in [0.25, 0.3) is 5.91 Å². The molecule has 1 fully saturated rings. The van der Waals surface area contributed by atoms with Crippen LogP contribution in [0.2, 0.25) is 10.0 Å². The molecule has 2 aromatic rings. The Morgan fingerprint density at radius 3 is 2.15 bits per heavy atom. The van der Waals surface area contributed by atoms with Crippen LogP contribution in [0, 0.1) is 0 Å². The van der Waals surface area contributed by atoms with Crippen molar-refractivity contribution in [3.05, 3.63) is 64.1 Å². The van der Waals surface area contributed by atoms with Gasteiger partial charge in [-0.2, -0.15) is 0 Å². The first kappa shape index (κ1) is 19.2. The summed E-state index contributed by atoms with van der Waals surface area (Å²) in [5, 5.41) is 0.817. The molecule has 0 aromatic heterocycles. The minimum atomic E-state index is -3.55. The Kier molecular flexibility index (Phi) is 5.87. The van der Waals surface area contributed by atoms with Crippen LogP contribution in [0.25, 0.3) is 0 Å². The fraction of sp³-hybridized carbons (Fsp3) is 0.278. The lowest BCUT2D eigenvalue weighted by Crippen LogP contribution is -2.46. The average Bonchev–Trinajstić information content (AvgIpc) is 2.61. The highest BCUT2D eigenvalue weighted by Gasteiger charge is 2.27. The van der Waals surface area contributed by atoms with E-state index in [1.54, 1.807) is 53.4 Å². The SMILES string of the molecule is O=C(c1cc(Cl)cc(Cl)c1)N1CCC(NS(=O)(=O)c2ccccc2)CC1. The normalized spacial score (nSPS) is 15.8. The molecular formula is C18H18Cl2N2O3S. The summed E-state index contributed by atoms with van der Waals surface area (Å²) in [4.78, 5) is 14.5. The molecule has 1 aliphatic rings. The summed E-state index contributed by atoms with van der Waals surface area (Å²) in [6, 6.07) is 12.8. The standard InChI is InChI=1S/C18H18Cl2N2O3S/c19-14-10-13(11-15(20)12-14)18(23)22-8-6-16(7-9-22)21-26(24,25)17-4-2-1-3-5-17/h1-5,10-12,16,21H,6-9H2. The van der Waals surface area contributed by atoms with E-state index in [0.717, 1.165) is 0 Å². The molecular weight excluding hydrogens is 395 g/mol. The number of carbonyl (C=O) groups is 1. The Hall–Kier alpha value is -1.60. The van der Waals surface area contributed by atoms with Crippen molar-refractivity contribution in [3.63, 3.8) is 0 Å². The van der Waals surface area contributed by atoms with Crippen LogP contribution in [-0.4, -0.2) is 38.4 Å². The van der Waals surface area contributed by atoms with Crippen molar-refractivity contribution in [3.8, 4) is 0 Å². The third-order valence-corrected chi connectivity index (χ3v) is 6.24. The Balaban J connectivity index is 1.61. The van der Waals surface area contributed by atoms with E-state index < -0.39 is 10.0 Å². The second kappa shape index (κ2) is 7.96. The van der Waals surface area contributed by atoms with Crippen molar-refractivity contribution in [1.82, 2.24) is 9.62 Å². The predicted molar refractivity (Wildman–Crippen MR) is 102 cm³/mol. The molecule has 8 heteroatoms. The summed E-state index contributed by atoms with van der Waals surface area (Å²) >= 11 is 11.9. The van der Waals surface area contributed by atoms with Gasteiger partial charge >= 0.3 is 0 Å². The smallest absolute Gasteiger partial charge is 0.253 e. The number of nitrogens with zero attached hydrogens (tertiary/aromatic N) is 1. The number of hydrogen-bond donors (Lipinski definition) is 1. The molecule has 0 atom stereocenters. The zero-order valence-electron chi connectivity index (χ0n) is 13.9. The van der Waals surface area contributed by atoms with Crippen LogP contribution >= 0.6 is 23.2 Å². The first-order valence-corrected chi connectivity index (χ1v) is 10.4. The molecule has 0 aliphatic carbocycles. The van der Waals surface area contributed by atoms with Gasteiger partial charge in [-0.15, -0.1) is 0 Å². The number of carbonyl (C=O) groups excluding carboxylic acids is 1. The minimum Gasteiger partial charge on any atom is -0.339 e. The van der Waals surface area contributed by atoms with Crippen LogP contribution in [0.5, 0.6) is 0 Å². The lowest BCUT2D eigenvalue weighted by Gasteiger charge is -2.32. The highest BCUT2D eigenvalue weighted by atomic mass is 35.5. The molecule has 2 aromatic carbocycles. The lowest BCUT2D eigenvalue weighted by atomic mass is 10.0. The molecule has 0 unspecified atom stereocenters. The van der Waals surface area contributed by atoms with Crippen LogP contribution in [0.4, 0.5) is 0 Å². The van der Waals surface area contributed by atoms with Crippen molar-refractivity contribution in [2.45, 2.75) is 23.8 Å². The molecule has 5 nitrogen and oxygen atoms in total. The topological polar surface area (TPSA) is 66.5 Å².